The molecule has 8 aromatic heterocycles. The summed E-state index contributed by atoms with van der Waals surface area (Å²) in [5, 5.41) is 25.5. The summed E-state index contributed by atoms with van der Waals surface area (Å²) >= 11 is 0. The molecule has 638 valence electrons. The molecular weight excluding hydrogens is 1690 g/mol. The summed E-state index contributed by atoms with van der Waals surface area (Å²) in [7, 11) is 0. The zero-order valence-corrected chi connectivity index (χ0v) is 73.6. The lowest BCUT2D eigenvalue weighted by atomic mass is 9.95. The first-order valence-electron chi connectivity index (χ1n) is 46.5. The zero-order chi connectivity index (χ0) is 90.1. The molecule has 0 N–H and O–H groups in total. The first kappa shape index (κ1) is 75.8. The maximum absolute atomic E-state index is 7.39. The SMILES string of the molecule is c1ccc(-c2ccc(-c3nc(-c4ccc5oc6ccccc6c5c4)nc(-c4cc(-n5c6cc7ccccc7cc6c6cc7c(-c8ccc9c(c8)oc8ccc(-c%10nc(-c%11cccc(-c%12ccccc%12)c%11)nc(-c%11cc(-n%12c%13cc%14ccccc%14cc%13c%13cc%14ccccc%14cc%13%12)c%12oc%13c%14ccccc%14ccc%13c%12c%11)n%10)cc89)cccc7cc65)c5oc6ccc7ccccc7c6c5c4)n3)cc2)cc1. The second-order valence-corrected chi connectivity index (χ2v) is 36.3. The Morgan fingerprint density at radius 2 is 0.529 bits per heavy atom. The molecule has 0 aliphatic carbocycles. The van der Waals surface area contributed by atoms with Gasteiger partial charge in [-0.1, -0.05) is 279 Å². The van der Waals surface area contributed by atoms with Gasteiger partial charge in [-0.25, -0.2) is 29.9 Å². The van der Waals surface area contributed by atoms with E-state index in [2.05, 4.69) is 397 Å². The molecule has 12 nitrogen and oxygen atoms in total. The lowest BCUT2D eigenvalue weighted by Gasteiger charge is -2.14. The fourth-order valence-corrected chi connectivity index (χ4v) is 21.8. The molecule has 22 aromatic carbocycles. The second kappa shape index (κ2) is 29.4. The molecule has 0 unspecified atom stereocenters. The van der Waals surface area contributed by atoms with E-state index < -0.39 is 0 Å². The summed E-state index contributed by atoms with van der Waals surface area (Å²) < 4.78 is 33.1. The van der Waals surface area contributed by atoms with E-state index in [0.29, 0.717) is 34.9 Å². The Morgan fingerprint density at radius 3 is 1.13 bits per heavy atom. The molecule has 0 aliphatic heterocycles. The van der Waals surface area contributed by atoms with Gasteiger partial charge in [0, 0.05) is 103 Å². The fourth-order valence-electron chi connectivity index (χ4n) is 21.8. The molecule has 0 fully saturated rings. The fraction of sp³-hybridized carbons (Fsp3) is 0. The van der Waals surface area contributed by atoms with Gasteiger partial charge in [-0.3, -0.25) is 0 Å². The van der Waals surface area contributed by atoms with Crippen LogP contribution in [-0.4, -0.2) is 39.0 Å². The van der Waals surface area contributed by atoms with E-state index in [-0.39, 0.29) is 0 Å². The topological polar surface area (TPSA) is 140 Å². The van der Waals surface area contributed by atoms with Crippen LogP contribution in [0.2, 0.25) is 0 Å². The molecule has 8 heterocycles. The molecule has 0 atom stereocenters. The Balaban J connectivity index is 0.586. The molecule has 0 radical (unpaired) electrons. The largest absolute Gasteiger partial charge is 0.456 e. The number of nitrogens with zero attached hydrogens (tertiary/aromatic N) is 8. The van der Waals surface area contributed by atoms with E-state index >= 15 is 0 Å². The molecule has 0 amide bonds. The van der Waals surface area contributed by atoms with Crippen molar-refractivity contribution in [3.63, 3.8) is 0 Å². The van der Waals surface area contributed by atoms with Crippen LogP contribution in [0.15, 0.2) is 442 Å². The Bertz CT molecular complexity index is 10400. The van der Waals surface area contributed by atoms with Crippen molar-refractivity contribution in [3.8, 4) is 113 Å². The van der Waals surface area contributed by atoms with Crippen LogP contribution in [0.5, 0.6) is 0 Å². The maximum atomic E-state index is 7.39. The number of fused-ring (bicyclic) bond motifs is 26. The average Bonchev–Trinajstić information content (AvgIpc) is 1.57. The summed E-state index contributed by atoms with van der Waals surface area (Å²) in [5.74, 6) is 3.11. The lowest BCUT2D eigenvalue weighted by molar-refractivity contribution is 0.666. The molecule has 0 saturated carbocycles. The third-order valence-corrected chi connectivity index (χ3v) is 28.4. The van der Waals surface area contributed by atoms with Crippen LogP contribution < -0.4 is 0 Å². The molecule has 0 saturated heterocycles. The van der Waals surface area contributed by atoms with E-state index in [0.717, 1.165) is 263 Å². The molecule has 0 aliphatic rings. The number of furan rings is 4. The summed E-state index contributed by atoms with van der Waals surface area (Å²) in [4.78, 5) is 33.2. The smallest absolute Gasteiger partial charge is 0.164 e. The highest BCUT2D eigenvalue weighted by molar-refractivity contribution is 6.25. The first-order chi connectivity index (χ1) is 68.3. The molecule has 30 aromatic rings. The van der Waals surface area contributed by atoms with Crippen molar-refractivity contribution >= 4 is 196 Å². The minimum absolute atomic E-state index is 0.505. The predicted octanol–water partition coefficient (Wildman–Crippen LogP) is 33.8. The van der Waals surface area contributed by atoms with E-state index in [1.807, 2.05) is 36.4 Å². The zero-order valence-electron chi connectivity index (χ0n) is 73.6. The van der Waals surface area contributed by atoms with Crippen molar-refractivity contribution in [3.05, 3.63) is 425 Å². The van der Waals surface area contributed by atoms with Gasteiger partial charge in [0.15, 0.2) is 46.1 Å². The van der Waals surface area contributed by atoms with Gasteiger partial charge in [0.2, 0.25) is 0 Å². The van der Waals surface area contributed by atoms with Crippen LogP contribution in [0.1, 0.15) is 0 Å². The third kappa shape index (κ3) is 11.8. The van der Waals surface area contributed by atoms with E-state index in [1.54, 1.807) is 0 Å². The van der Waals surface area contributed by atoms with Gasteiger partial charge in [0.25, 0.3) is 0 Å². The molecule has 138 heavy (non-hydrogen) atoms. The Labute approximate surface area is 785 Å². The molecule has 0 spiro atoms. The second-order valence-electron chi connectivity index (χ2n) is 36.3. The Kier molecular flexibility index (Phi) is 16.1. The number of para-hydroxylation sites is 1. The quantitative estimate of drug-likeness (QED) is 0.123. The minimum atomic E-state index is 0.505. The van der Waals surface area contributed by atoms with Gasteiger partial charge in [-0.2, -0.15) is 0 Å². The van der Waals surface area contributed by atoms with Crippen LogP contribution >= 0.6 is 0 Å². The molecular formula is C126H70N8O4. The number of benzene rings is 22. The van der Waals surface area contributed by atoms with Crippen LogP contribution in [0.3, 0.4) is 0 Å². The summed E-state index contributed by atoms with van der Waals surface area (Å²) in [6.45, 7) is 0. The van der Waals surface area contributed by atoms with Crippen molar-refractivity contribution in [1.82, 2.24) is 39.0 Å². The molecule has 30 rings (SSSR count). The van der Waals surface area contributed by atoms with E-state index in [4.69, 9.17) is 47.6 Å². The summed E-state index contributed by atoms with van der Waals surface area (Å²) in [5.41, 5.74) is 23.3. The Hall–Kier alpha value is -18.8. The molecule has 12 heteroatoms. The first-order valence-corrected chi connectivity index (χ1v) is 46.5. The van der Waals surface area contributed by atoms with E-state index in [9.17, 15) is 0 Å². The van der Waals surface area contributed by atoms with Gasteiger partial charge in [-0.15, -0.1) is 0 Å². The van der Waals surface area contributed by atoms with Crippen molar-refractivity contribution in [2.45, 2.75) is 0 Å². The van der Waals surface area contributed by atoms with Gasteiger partial charge in [0.05, 0.1) is 33.4 Å². The van der Waals surface area contributed by atoms with Gasteiger partial charge in [0.1, 0.15) is 33.5 Å². The number of hydrogen-bond acceptors (Lipinski definition) is 10. The normalized spacial score (nSPS) is 12.2. The van der Waals surface area contributed by atoms with Crippen LogP contribution in [0.25, 0.3) is 309 Å². The average molecular weight is 1760 g/mol. The highest BCUT2D eigenvalue weighted by Crippen LogP contribution is 2.50. The predicted molar refractivity (Wildman–Crippen MR) is 565 cm³/mol. The Morgan fingerprint density at radius 1 is 0.152 bits per heavy atom. The summed E-state index contributed by atoms with van der Waals surface area (Å²) in [6, 6.07) is 151. The van der Waals surface area contributed by atoms with Crippen LogP contribution in [0, 0.1) is 0 Å². The van der Waals surface area contributed by atoms with Crippen LogP contribution in [0.4, 0.5) is 0 Å². The monoisotopic (exact) mass is 1760 g/mol. The van der Waals surface area contributed by atoms with Gasteiger partial charge in [-0.05, 0) is 238 Å². The highest BCUT2D eigenvalue weighted by Gasteiger charge is 2.29. The number of aromatic nitrogens is 8. The van der Waals surface area contributed by atoms with Crippen molar-refractivity contribution in [1.29, 1.82) is 0 Å². The number of hydrogen-bond donors (Lipinski definition) is 0. The van der Waals surface area contributed by atoms with Crippen molar-refractivity contribution in [2.24, 2.45) is 0 Å². The number of rotatable bonds is 11. The van der Waals surface area contributed by atoms with Crippen molar-refractivity contribution in [2.75, 3.05) is 0 Å². The lowest BCUT2D eigenvalue weighted by Crippen LogP contribution is -2.02. The van der Waals surface area contributed by atoms with Crippen LogP contribution in [-0.2, 0) is 0 Å². The summed E-state index contributed by atoms with van der Waals surface area (Å²) in [6.07, 6.45) is 0. The van der Waals surface area contributed by atoms with Gasteiger partial charge < -0.3 is 26.8 Å². The highest BCUT2D eigenvalue weighted by atomic mass is 16.3. The third-order valence-electron chi connectivity index (χ3n) is 28.4. The van der Waals surface area contributed by atoms with Crippen molar-refractivity contribution < 1.29 is 17.7 Å². The van der Waals surface area contributed by atoms with E-state index in [1.165, 1.54) is 10.8 Å². The standard InChI is InChI=1S/C126H70N8O4/c1-3-21-71(22-4-1)73-41-43-76(44-42-73)121-127-123(87-48-52-113-102(59-87)94-38-17-18-40-112(94)135-113)131-126(128-121)90-62-105-117-92-36-15-13-25-74(92)47-54-115(117)137-120(105)111(68-90)134-108-65-83-32-12-9-29-80(83)58-100(108)101-70-97-84(66-109(101)134)34-20-39-91(97)85-46-50-95-103-60-88(49-53-114(103)136-116(95)69-85)124-129-122(86-35-19-33-77(55-86)72-23-5-2-6-24-72)130-125(132-124)89-61-104-96-51-45-75-26-14-16-37-93(75)118(96)138-119(104)110(67-89)133-106-63-81-30-10-7-27-78(81)56-98(106)99-57-79-28-8-11-31-82(79)64-107(99)133/h1-70H. The van der Waals surface area contributed by atoms with Gasteiger partial charge >= 0.3 is 0 Å². The maximum Gasteiger partial charge on any atom is 0.164 e. The molecule has 0 bridgehead atoms. The minimum Gasteiger partial charge on any atom is -0.456 e.